The van der Waals surface area contributed by atoms with Gasteiger partial charge in [0, 0.05) is 10.7 Å². The van der Waals surface area contributed by atoms with Gasteiger partial charge in [0.2, 0.25) is 5.91 Å². The van der Waals surface area contributed by atoms with Gasteiger partial charge in [-0.2, -0.15) is 0 Å². The van der Waals surface area contributed by atoms with Crippen molar-refractivity contribution < 1.29 is 14.7 Å². The number of allylic oxidation sites excluding steroid dienone is 5. The fraction of sp³-hybridized carbons (Fsp3) is 0.286. The zero-order valence-corrected chi connectivity index (χ0v) is 20.3. The van der Waals surface area contributed by atoms with E-state index in [1.54, 1.807) is 23.1 Å². The van der Waals surface area contributed by atoms with Gasteiger partial charge in [0.05, 0.1) is 16.7 Å². The molecule has 4 nitrogen and oxygen atoms in total. The molecule has 170 valence electrons. The van der Waals surface area contributed by atoms with Gasteiger partial charge in [-0.25, -0.2) is 4.79 Å². The molecule has 4 rings (SSSR count). The SMILES string of the molecule is CC1=C(C2(C)C(=O)N(c3cccc(C(=O)O)c3)c3ccc(Cl)cc32)CC=CC(C(C)(C)C)=C1. The van der Waals surface area contributed by atoms with Gasteiger partial charge in [-0.05, 0) is 84.4 Å². The lowest BCUT2D eigenvalue weighted by molar-refractivity contribution is -0.120. The number of carbonyl (C=O) groups excluding carboxylic acids is 1. The molecule has 1 amide bonds. The lowest BCUT2D eigenvalue weighted by Gasteiger charge is -2.29. The summed E-state index contributed by atoms with van der Waals surface area (Å²) in [5.41, 5.74) is 4.56. The molecule has 1 atom stereocenters. The first kappa shape index (κ1) is 23.1. The number of benzene rings is 2. The van der Waals surface area contributed by atoms with Crippen LogP contribution in [0.3, 0.4) is 0 Å². The molecule has 0 bridgehead atoms. The number of hydrogen-bond donors (Lipinski definition) is 1. The number of carboxylic acid groups (broad SMARTS) is 1. The van der Waals surface area contributed by atoms with E-state index in [2.05, 4.69) is 45.9 Å². The third-order valence-corrected chi connectivity index (χ3v) is 6.89. The number of halogens is 1. The van der Waals surface area contributed by atoms with Crippen LogP contribution in [-0.4, -0.2) is 17.0 Å². The average molecular weight is 462 g/mol. The minimum Gasteiger partial charge on any atom is -0.478 e. The van der Waals surface area contributed by atoms with Gasteiger partial charge in [0.25, 0.3) is 0 Å². The molecule has 1 N–H and O–H groups in total. The molecule has 0 spiro atoms. The van der Waals surface area contributed by atoms with Crippen molar-refractivity contribution in [3.8, 4) is 0 Å². The van der Waals surface area contributed by atoms with E-state index in [1.165, 1.54) is 17.7 Å². The number of nitrogens with zero attached hydrogens (tertiary/aromatic N) is 1. The van der Waals surface area contributed by atoms with Crippen molar-refractivity contribution in [2.45, 2.75) is 46.5 Å². The predicted molar refractivity (Wildman–Crippen MR) is 133 cm³/mol. The third kappa shape index (κ3) is 3.83. The summed E-state index contributed by atoms with van der Waals surface area (Å²) in [6, 6.07) is 12.0. The van der Waals surface area contributed by atoms with Gasteiger partial charge < -0.3 is 5.11 Å². The van der Waals surface area contributed by atoms with Crippen molar-refractivity contribution in [1.29, 1.82) is 0 Å². The highest BCUT2D eigenvalue weighted by molar-refractivity contribution is 6.31. The largest absolute Gasteiger partial charge is 0.478 e. The molecule has 2 aromatic carbocycles. The summed E-state index contributed by atoms with van der Waals surface area (Å²) in [6.07, 6.45) is 7.08. The van der Waals surface area contributed by atoms with Gasteiger partial charge in [0.15, 0.2) is 0 Å². The molecular weight excluding hydrogens is 434 g/mol. The fourth-order valence-corrected chi connectivity index (χ4v) is 4.95. The maximum absolute atomic E-state index is 14.2. The van der Waals surface area contributed by atoms with Crippen LogP contribution in [0.15, 0.2) is 77.4 Å². The van der Waals surface area contributed by atoms with Crippen LogP contribution in [0.4, 0.5) is 11.4 Å². The van der Waals surface area contributed by atoms with Crippen molar-refractivity contribution in [2.24, 2.45) is 5.41 Å². The molecule has 5 heteroatoms. The minimum absolute atomic E-state index is 0.0156. The van der Waals surface area contributed by atoms with E-state index in [0.29, 0.717) is 17.1 Å². The van der Waals surface area contributed by atoms with Gasteiger partial charge in [-0.15, -0.1) is 0 Å². The maximum Gasteiger partial charge on any atom is 0.335 e. The van der Waals surface area contributed by atoms with Crippen molar-refractivity contribution in [3.05, 3.63) is 93.6 Å². The highest BCUT2D eigenvalue weighted by atomic mass is 35.5. The second-order valence-electron chi connectivity index (χ2n) is 9.90. The van der Waals surface area contributed by atoms with E-state index in [1.807, 2.05) is 19.1 Å². The van der Waals surface area contributed by atoms with Crippen molar-refractivity contribution in [1.82, 2.24) is 0 Å². The Morgan fingerprint density at radius 2 is 1.88 bits per heavy atom. The first-order valence-electron chi connectivity index (χ1n) is 11.0. The predicted octanol–water partition coefficient (Wildman–Crippen LogP) is 7.22. The van der Waals surface area contributed by atoms with Gasteiger partial charge >= 0.3 is 5.97 Å². The molecule has 0 radical (unpaired) electrons. The summed E-state index contributed by atoms with van der Waals surface area (Å²) < 4.78 is 0. The number of fused-ring (bicyclic) bond motifs is 1. The first-order valence-corrected chi connectivity index (χ1v) is 11.4. The van der Waals surface area contributed by atoms with Crippen LogP contribution in [0.1, 0.15) is 57.0 Å². The van der Waals surface area contributed by atoms with E-state index >= 15 is 0 Å². The Morgan fingerprint density at radius 1 is 1.15 bits per heavy atom. The molecule has 0 saturated carbocycles. The van der Waals surface area contributed by atoms with Crippen LogP contribution >= 0.6 is 11.6 Å². The highest BCUT2D eigenvalue weighted by Gasteiger charge is 2.50. The molecular formula is C28H28ClNO3. The van der Waals surface area contributed by atoms with Gasteiger partial charge in [-0.1, -0.05) is 56.7 Å². The van der Waals surface area contributed by atoms with Crippen molar-refractivity contribution in [2.75, 3.05) is 4.90 Å². The van der Waals surface area contributed by atoms with Gasteiger partial charge in [0.1, 0.15) is 0 Å². The number of anilines is 2. The molecule has 33 heavy (non-hydrogen) atoms. The Morgan fingerprint density at radius 3 is 2.55 bits per heavy atom. The zero-order chi connectivity index (χ0) is 24.1. The second-order valence-corrected chi connectivity index (χ2v) is 10.3. The molecule has 0 saturated heterocycles. The Balaban J connectivity index is 1.94. The Bertz CT molecular complexity index is 1260. The monoisotopic (exact) mass is 461 g/mol. The number of hydrogen-bond acceptors (Lipinski definition) is 2. The molecule has 1 aliphatic carbocycles. The zero-order valence-electron chi connectivity index (χ0n) is 19.6. The normalized spacial score (nSPS) is 20.6. The molecule has 2 aliphatic rings. The fourth-order valence-electron chi connectivity index (χ4n) is 4.78. The smallest absolute Gasteiger partial charge is 0.335 e. The summed E-state index contributed by atoms with van der Waals surface area (Å²) in [4.78, 5) is 27.4. The van der Waals surface area contributed by atoms with E-state index in [9.17, 15) is 14.7 Å². The Hall–Kier alpha value is -3.11. The maximum atomic E-state index is 14.2. The van der Waals surface area contributed by atoms with Gasteiger partial charge in [-0.3, -0.25) is 9.69 Å². The summed E-state index contributed by atoms with van der Waals surface area (Å²) >= 11 is 6.40. The van der Waals surface area contributed by atoms with E-state index < -0.39 is 11.4 Å². The summed E-state index contributed by atoms with van der Waals surface area (Å²) in [5.74, 6) is -1.15. The van der Waals surface area contributed by atoms with E-state index in [0.717, 1.165) is 22.4 Å². The van der Waals surface area contributed by atoms with Crippen LogP contribution in [0, 0.1) is 5.41 Å². The molecule has 2 aromatic rings. The lowest BCUT2D eigenvalue weighted by Crippen LogP contribution is -2.38. The van der Waals surface area contributed by atoms with Crippen LogP contribution in [-0.2, 0) is 10.2 Å². The van der Waals surface area contributed by atoms with Crippen LogP contribution in [0.2, 0.25) is 5.02 Å². The summed E-state index contributed by atoms with van der Waals surface area (Å²) in [6.45, 7) is 10.5. The molecule has 1 unspecified atom stereocenters. The van der Waals surface area contributed by atoms with Crippen LogP contribution < -0.4 is 4.90 Å². The quantitative estimate of drug-likeness (QED) is 0.524. The van der Waals surface area contributed by atoms with E-state index in [4.69, 9.17) is 11.6 Å². The molecule has 1 heterocycles. The number of aromatic carboxylic acids is 1. The summed E-state index contributed by atoms with van der Waals surface area (Å²) in [7, 11) is 0. The first-order chi connectivity index (χ1) is 15.4. The molecule has 1 aliphatic heterocycles. The molecule has 0 aromatic heterocycles. The lowest BCUT2D eigenvalue weighted by atomic mass is 9.73. The second kappa shape index (κ2) is 8.03. The standard InChI is InChI=1S/C28H28ClNO3/c1-17-14-19(27(2,3)4)9-7-11-22(17)28(5)23-16-20(29)12-13-24(23)30(26(28)33)21-10-6-8-18(15-21)25(31)32/h6-10,12-16H,11H2,1-5H3,(H,31,32). The average Bonchev–Trinajstić information content (AvgIpc) is 2.86. The Labute approximate surface area is 199 Å². The summed E-state index contributed by atoms with van der Waals surface area (Å²) in [5, 5.41) is 10.0. The van der Waals surface area contributed by atoms with Crippen LogP contribution in [0.5, 0.6) is 0 Å². The number of carbonyl (C=O) groups is 2. The number of amides is 1. The number of carboxylic acids is 1. The van der Waals surface area contributed by atoms with Crippen molar-refractivity contribution in [3.63, 3.8) is 0 Å². The Kier molecular flexibility index (Phi) is 5.61. The van der Waals surface area contributed by atoms with Crippen molar-refractivity contribution >= 4 is 34.9 Å². The van der Waals surface area contributed by atoms with E-state index in [-0.39, 0.29) is 16.9 Å². The number of rotatable bonds is 3. The topological polar surface area (TPSA) is 57.6 Å². The minimum atomic E-state index is -1.03. The third-order valence-electron chi connectivity index (χ3n) is 6.66. The molecule has 0 fully saturated rings. The highest BCUT2D eigenvalue weighted by Crippen LogP contribution is 2.52. The van der Waals surface area contributed by atoms with Crippen LogP contribution in [0.25, 0.3) is 0 Å².